The Hall–Kier alpha value is -0.0800. The lowest BCUT2D eigenvalue weighted by Crippen LogP contribution is -2.23. The summed E-state index contributed by atoms with van der Waals surface area (Å²) < 4.78 is 5.40. The van der Waals surface area contributed by atoms with Crippen molar-refractivity contribution in [2.24, 2.45) is 17.8 Å². The van der Waals surface area contributed by atoms with Gasteiger partial charge in [0.1, 0.15) is 0 Å². The van der Waals surface area contributed by atoms with Crippen molar-refractivity contribution in [3.63, 3.8) is 0 Å². The van der Waals surface area contributed by atoms with Gasteiger partial charge in [0.15, 0.2) is 0 Å². The minimum atomic E-state index is -0.233. The zero-order chi connectivity index (χ0) is 13.0. The van der Waals surface area contributed by atoms with Crippen molar-refractivity contribution in [3.05, 3.63) is 6.42 Å². The molecule has 1 N–H and O–H groups in total. The molecule has 1 heterocycles. The van der Waals surface area contributed by atoms with Crippen molar-refractivity contribution in [1.29, 1.82) is 0 Å². The number of ether oxygens (including phenoxy) is 1. The maximum atomic E-state index is 10.2. The highest BCUT2D eigenvalue weighted by Gasteiger charge is 2.35. The minimum absolute atomic E-state index is 0.233. The Balaban J connectivity index is 1.65. The summed E-state index contributed by atoms with van der Waals surface area (Å²) in [7, 11) is 0. The molecule has 3 unspecified atom stereocenters. The van der Waals surface area contributed by atoms with Crippen LogP contribution in [0, 0.1) is 24.2 Å². The van der Waals surface area contributed by atoms with Gasteiger partial charge in [-0.2, -0.15) is 0 Å². The predicted octanol–water partition coefficient (Wildman–Crippen LogP) is 3.58. The minimum Gasteiger partial charge on any atom is -0.393 e. The van der Waals surface area contributed by atoms with Crippen molar-refractivity contribution < 1.29 is 9.84 Å². The second-order valence-electron chi connectivity index (χ2n) is 6.56. The summed E-state index contributed by atoms with van der Waals surface area (Å²) in [5, 5.41) is 10.2. The van der Waals surface area contributed by atoms with Gasteiger partial charge in [-0.1, -0.05) is 46.0 Å². The standard InChI is InChI=1S/C16H29O2/c1-12(2)15(16-11-18-16)10-14(17)9-8-13-6-4-3-5-7-13/h9,12-17H,3-8,10-11H2,1-2H3. The van der Waals surface area contributed by atoms with Gasteiger partial charge in [0, 0.05) is 0 Å². The van der Waals surface area contributed by atoms with Crippen LogP contribution in [0.3, 0.4) is 0 Å². The van der Waals surface area contributed by atoms with Crippen LogP contribution in [0.15, 0.2) is 0 Å². The van der Waals surface area contributed by atoms with Gasteiger partial charge in [-0.15, -0.1) is 0 Å². The van der Waals surface area contributed by atoms with Gasteiger partial charge < -0.3 is 9.84 Å². The second kappa shape index (κ2) is 6.91. The van der Waals surface area contributed by atoms with Crippen molar-refractivity contribution in [2.45, 2.75) is 71.0 Å². The molecule has 1 aliphatic heterocycles. The van der Waals surface area contributed by atoms with E-state index in [0.29, 0.717) is 17.9 Å². The van der Waals surface area contributed by atoms with Crippen LogP contribution in [0.25, 0.3) is 0 Å². The Labute approximate surface area is 112 Å². The van der Waals surface area contributed by atoms with Crippen LogP contribution in [0.2, 0.25) is 0 Å². The molecule has 0 spiro atoms. The van der Waals surface area contributed by atoms with Crippen LogP contribution < -0.4 is 0 Å². The van der Waals surface area contributed by atoms with Gasteiger partial charge in [-0.3, -0.25) is 0 Å². The lowest BCUT2D eigenvalue weighted by atomic mass is 9.83. The molecular formula is C16H29O2. The van der Waals surface area contributed by atoms with Crippen molar-refractivity contribution in [3.8, 4) is 0 Å². The van der Waals surface area contributed by atoms with E-state index < -0.39 is 0 Å². The summed E-state index contributed by atoms with van der Waals surface area (Å²) in [6.07, 6.45) is 11.3. The van der Waals surface area contributed by atoms with Crippen LogP contribution in [-0.4, -0.2) is 23.9 Å². The Morgan fingerprint density at radius 3 is 2.44 bits per heavy atom. The number of rotatable bonds is 7. The molecule has 0 aromatic rings. The molecule has 3 atom stereocenters. The number of aliphatic hydroxyl groups is 1. The largest absolute Gasteiger partial charge is 0.393 e. The number of hydrogen-bond acceptors (Lipinski definition) is 2. The smallest absolute Gasteiger partial charge is 0.0841 e. The Bertz CT molecular complexity index is 227. The third-order valence-electron chi connectivity index (χ3n) is 4.67. The van der Waals surface area contributed by atoms with Crippen molar-refractivity contribution in [2.75, 3.05) is 6.61 Å². The molecule has 1 saturated carbocycles. The first-order valence-electron chi connectivity index (χ1n) is 7.80. The predicted molar refractivity (Wildman–Crippen MR) is 74.2 cm³/mol. The van der Waals surface area contributed by atoms with Gasteiger partial charge >= 0.3 is 0 Å². The highest BCUT2D eigenvalue weighted by Crippen LogP contribution is 2.32. The lowest BCUT2D eigenvalue weighted by Gasteiger charge is -2.25. The highest BCUT2D eigenvalue weighted by molar-refractivity contribution is 4.88. The molecule has 0 aromatic heterocycles. The average molecular weight is 253 g/mol. The number of hydrogen-bond donors (Lipinski definition) is 1. The van der Waals surface area contributed by atoms with E-state index in [2.05, 4.69) is 20.3 Å². The average Bonchev–Trinajstić information content (AvgIpc) is 3.18. The fourth-order valence-electron chi connectivity index (χ4n) is 3.30. The van der Waals surface area contributed by atoms with Gasteiger partial charge in [0.2, 0.25) is 0 Å². The highest BCUT2D eigenvalue weighted by atomic mass is 16.6. The van der Waals surface area contributed by atoms with E-state index >= 15 is 0 Å². The van der Waals surface area contributed by atoms with E-state index in [9.17, 15) is 5.11 Å². The molecule has 2 rings (SSSR count). The fourth-order valence-corrected chi connectivity index (χ4v) is 3.30. The molecule has 2 heteroatoms. The Morgan fingerprint density at radius 2 is 1.89 bits per heavy atom. The molecule has 1 saturated heterocycles. The molecule has 105 valence electrons. The van der Waals surface area contributed by atoms with Gasteiger partial charge in [0.25, 0.3) is 0 Å². The fraction of sp³-hybridized carbons (Fsp3) is 0.938. The first-order valence-corrected chi connectivity index (χ1v) is 7.80. The van der Waals surface area contributed by atoms with E-state index in [0.717, 1.165) is 25.4 Å². The summed E-state index contributed by atoms with van der Waals surface area (Å²) in [5.41, 5.74) is 0. The van der Waals surface area contributed by atoms with Crippen LogP contribution in [0.1, 0.15) is 58.8 Å². The quantitative estimate of drug-likeness (QED) is 0.703. The molecule has 0 bridgehead atoms. The first-order chi connectivity index (χ1) is 8.66. The summed E-state index contributed by atoms with van der Waals surface area (Å²) in [5.74, 6) is 1.97. The molecule has 0 aromatic carbocycles. The summed E-state index contributed by atoms with van der Waals surface area (Å²) in [6, 6.07) is 0. The normalized spacial score (nSPS) is 28.3. The number of aliphatic hydroxyl groups excluding tert-OH is 1. The van der Waals surface area contributed by atoms with E-state index in [4.69, 9.17) is 4.74 Å². The SMILES string of the molecule is CC(C)C(CC(O)[CH]CC1CCCCC1)C1CO1. The molecule has 1 aliphatic carbocycles. The zero-order valence-corrected chi connectivity index (χ0v) is 12.0. The van der Waals surface area contributed by atoms with E-state index in [-0.39, 0.29) is 6.10 Å². The summed E-state index contributed by atoms with van der Waals surface area (Å²) in [4.78, 5) is 0. The summed E-state index contributed by atoms with van der Waals surface area (Å²) in [6.45, 7) is 5.37. The van der Waals surface area contributed by atoms with E-state index in [1.165, 1.54) is 32.1 Å². The summed E-state index contributed by atoms with van der Waals surface area (Å²) >= 11 is 0. The molecule has 1 radical (unpaired) electrons. The Kier molecular flexibility index (Phi) is 5.50. The van der Waals surface area contributed by atoms with Crippen LogP contribution in [0.5, 0.6) is 0 Å². The first kappa shape index (κ1) is 14.3. The topological polar surface area (TPSA) is 32.8 Å². The molecular weight excluding hydrogens is 224 g/mol. The second-order valence-corrected chi connectivity index (χ2v) is 6.56. The van der Waals surface area contributed by atoms with Gasteiger partial charge in [-0.25, -0.2) is 0 Å². The third-order valence-corrected chi connectivity index (χ3v) is 4.67. The van der Waals surface area contributed by atoms with Crippen LogP contribution in [-0.2, 0) is 4.74 Å². The van der Waals surface area contributed by atoms with Gasteiger partial charge in [0.05, 0.1) is 18.8 Å². The Morgan fingerprint density at radius 1 is 1.22 bits per heavy atom. The van der Waals surface area contributed by atoms with E-state index in [1.54, 1.807) is 0 Å². The van der Waals surface area contributed by atoms with Crippen LogP contribution in [0.4, 0.5) is 0 Å². The van der Waals surface area contributed by atoms with Crippen LogP contribution >= 0.6 is 0 Å². The monoisotopic (exact) mass is 253 g/mol. The molecule has 0 amide bonds. The zero-order valence-electron chi connectivity index (χ0n) is 12.0. The lowest BCUT2D eigenvalue weighted by molar-refractivity contribution is 0.132. The van der Waals surface area contributed by atoms with Crippen molar-refractivity contribution in [1.82, 2.24) is 0 Å². The maximum absolute atomic E-state index is 10.2. The molecule has 18 heavy (non-hydrogen) atoms. The third kappa shape index (κ3) is 4.55. The molecule has 2 fully saturated rings. The number of epoxide rings is 1. The van der Waals surface area contributed by atoms with E-state index in [1.807, 2.05) is 0 Å². The van der Waals surface area contributed by atoms with Gasteiger partial charge in [-0.05, 0) is 37.0 Å². The molecule has 2 aliphatic rings. The molecule has 2 nitrogen and oxygen atoms in total. The maximum Gasteiger partial charge on any atom is 0.0841 e. The van der Waals surface area contributed by atoms with Crippen molar-refractivity contribution >= 4 is 0 Å².